The lowest BCUT2D eigenvalue weighted by Gasteiger charge is -2.36. The number of aromatic amines is 1. The summed E-state index contributed by atoms with van der Waals surface area (Å²) in [6, 6.07) is 7.65. The number of carbonyl (C=O) groups is 2. The smallest absolute Gasteiger partial charge is 0.311 e. The van der Waals surface area contributed by atoms with Crippen LogP contribution in [0.3, 0.4) is 0 Å². The molecule has 0 bridgehead atoms. The number of ether oxygens (including phenoxy) is 1. The summed E-state index contributed by atoms with van der Waals surface area (Å²) in [5.41, 5.74) is 3.30. The SMILES string of the molecule is O=C(OC1c2[nH]c3ccc(Br)cc3c2CCN1C(=O)c1ccoc1)C1CCC1. The highest BCUT2D eigenvalue weighted by atomic mass is 79.9. The summed E-state index contributed by atoms with van der Waals surface area (Å²) in [4.78, 5) is 30.7. The van der Waals surface area contributed by atoms with Gasteiger partial charge in [0.1, 0.15) is 6.26 Å². The molecule has 0 radical (unpaired) electrons. The van der Waals surface area contributed by atoms with Crippen molar-refractivity contribution in [2.75, 3.05) is 6.54 Å². The molecule has 3 aromatic rings. The number of halogens is 1. The molecule has 28 heavy (non-hydrogen) atoms. The van der Waals surface area contributed by atoms with Crippen molar-refractivity contribution in [3.05, 3.63) is 58.1 Å². The van der Waals surface area contributed by atoms with Crippen LogP contribution in [0, 0.1) is 5.92 Å². The van der Waals surface area contributed by atoms with Crippen LogP contribution in [0.2, 0.25) is 0 Å². The molecule has 1 saturated carbocycles. The minimum atomic E-state index is -0.759. The summed E-state index contributed by atoms with van der Waals surface area (Å²) in [7, 11) is 0. The molecule has 1 aromatic carbocycles. The van der Waals surface area contributed by atoms with E-state index in [-0.39, 0.29) is 17.8 Å². The van der Waals surface area contributed by atoms with Crippen LogP contribution in [-0.4, -0.2) is 28.3 Å². The molecule has 2 aliphatic rings. The summed E-state index contributed by atoms with van der Waals surface area (Å²) in [6.45, 7) is 0.471. The Bertz CT molecular complexity index is 1050. The van der Waals surface area contributed by atoms with E-state index < -0.39 is 6.23 Å². The van der Waals surface area contributed by atoms with Crippen molar-refractivity contribution in [1.29, 1.82) is 0 Å². The lowest BCUT2D eigenvalue weighted by molar-refractivity contribution is -0.166. The van der Waals surface area contributed by atoms with Crippen molar-refractivity contribution in [3.8, 4) is 0 Å². The van der Waals surface area contributed by atoms with Gasteiger partial charge in [0.2, 0.25) is 6.23 Å². The number of furan rings is 1. The average Bonchev–Trinajstić information content (AvgIpc) is 3.28. The lowest BCUT2D eigenvalue weighted by atomic mass is 9.85. The maximum absolute atomic E-state index is 13.0. The summed E-state index contributed by atoms with van der Waals surface area (Å²) < 4.78 is 12.0. The van der Waals surface area contributed by atoms with E-state index in [1.165, 1.54) is 12.5 Å². The monoisotopic (exact) mass is 442 g/mol. The molecule has 1 atom stereocenters. The highest BCUT2D eigenvalue weighted by molar-refractivity contribution is 9.10. The molecule has 1 aliphatic carbocycles. The Balaban J connectivity index is 1.56. The molecule has 1 amide bonds. The first-order chi connectivity index (χ1) is 13.6. The van der Waals surface area contributed by atoms with Gasteiger partial charge < -0.3 is 14.1 Å². The van der Waals surface area contributed by atoms with E-state index in [9.17, 15) is 9.59 Å². The Morgan fingerprint density at radius 3 is 2.82 bits per heavy atom. The van der Waals surface area contributed by atoms with Gasteiger partial charge in [0.15, 0.2) is 0 Å². The number of benzene rings is 1. The number of aromatic nitrogens is 1. The number of amides is 1. The van der Waals surface area contributed by atoms with Crippen LogP contribution in [0.25, 0.3) is 10.9 Å². The van der Waals surface area contributed by atoms with Crippen molar-refractivity contribution in [1.82, 2.24) is 9.88 Å². The molecule has 0 spiro atoms. The van der Waals surface area contributed by atoms with E-state index in [1.54, 1.807) is 11.0 Å². The number of hydrogen-bond acceptors (Lipinski definition) is 4. The minimum Gasteiger partial charge on any atom is -0.472 e. The molecule has 1 N–H and O–H groups in total. The Hall–Kier alpha value is -2.54. The highest BCUT2D eigenvalue weighted by Gasteiger charge is 2.39. The van der Waals surface area contributed by atoms with Crippen LogP contribution in [0.5, 0.6) is 0 Å². The molecule has 1 aliphatic heterocycles. The predicted octanol–water partition coefficient (Wildman–Crippen LogP) is 4.56. The second-order valence-electron chi connectivity index (χ2n) is 7.38. The van der Waals surface area contributed by atoms with Gasteiger partial charge in [-0.15, -0.1) is 0 Å². The molecule has 7 heteroatoms. The number of H-pyrrole nitrogens is 1. The zero-order chi connectivity index (χ0) is 19.3. The van der Waals surface area contributed by atoms with E-state index in [0.717, 1.165) is 45.9 Å². The Morgan fingerprint density at radius 1 is 1.25 bits per heavy atom. The van der Waals surface area contributed by atoms with Crippen molar-refractivity contribution >= 4 is 38.7 Å². The summed E-state index contributed by atoms with van der Waals surface area (Å²) in [6.07, 6.45) is 5.58. The third-order valence-corrected chi connectivity index (χ3v) is 6.22. The van der Waals surface area contributed by atoms with E-state index >= 15 is 0 Å². The normalized spacial score (nSPS) is 19.3. The summed E-state index contributed by atoms with van der Waals surface area (Å²) in [5, 5.41) is 1.09. The Labute approximate surface area is 170 Å². The first-order valence-corrected chi connectivity index (χ1v) is 10.2. The first kappa shape index (κ1) is 17.6. The Kier molecular flexibility index (Phi) is 4.27. The zero-order valence-corrected chi connectivity index (χ0v) is 16.7. The highest BCUT2D eigenvalue weighted by Crippen LogP contribution is 2.38. The van der Waals surface area contributed by atoms with Gasteiger partial charge in [0, 0.05) is 21.9 Å². The molecule has 6 nitrogen and oxygen atoms in total. The lowest BCUT2D eigenvalue weighted by Crippen LogP contribution is -2.43. The maximum atomic E-state index is 13.0. The van der Waals surface area contributed by atoms with E-state index in [0.29, 0.717) is 18.5 Å². The third kappa shape index (κ3) is 2.85. The van der Waals surface area contributed by atoms with Crippen molar-refractivity contribution in [3.63, 3.8) is 0 Å². The topological polar surface area (TPSA) is 75.5 Å². The molecule has 1 unspecified atom stereocenters. The number of hydrogen-bond donors (Lipinski definition) is 1. The fraction of sp³-hybridized carbons (Fsp3) is 0.333. The summed E-state index contributed by atoms with van der Waals surface area (Å²) in [5.74, 6) is -0.491. The number of carbonyl (C=O) groups excluding carboxylic acids is 2. The number of nitrogens with zero attached hydrogens (tertiary/aromatic N) is 1. The third-order valence-electron chi connectivity index (χ3n) is 5.73. The van der Waals surface area contributed by atoms with Gasteiger partial charge in [-0.05, 0) is 49.1 Å². The number of fused-ring (bicyclic) bond motifs is 3. The fourth-order valence-corrected chi connectivity index (χ4v) is 4.32. The van der Waals surface area contributed by atoms with Crippen molar-refractivity contribution in [2.45, 2.75) is 31.9 Å². The van der Waals surface area contributed by atoms with Gasteiger partial charge in [-0.1, -0.05) is 22.4 Å². The molecular formula is C21H19BrN2O4. The zero-order valence-electron chi connectivity index (χ0n) is 15.1. The van der Waals surface area contributed by atoms with Gasteiger partial charge in [-0.2, -0.15) is 0 Å². The molecule has 1 fully saturated rings. The molecular weight excluding hydrogens is 424 g/mol. The number of rotatable bonds is 3. The molecule has 2 aromatic heterocycles. The van der Waals surface area contributed by atoms with Crippen LogP contribution < -0.4 is 0 Å². The number of nitrogens with one attached hydrogen (secondary N) is 1. The Morgan fingerprint density at radius 2 is 2.11 bits per heavy atom. The van der Waals surface area contributed by atoms with Crippen molar-refractivity contribution < 1.29 is 18.7 Å². The van der Waals surface area contributed by atoms with E-state index in [1.807, 2.05) is 12.1 Å². The largest absolute Gasteiger partial charge is 0.472 e. The van der Waals surface area contributed by atoms with E-state index in [4.69, 9.17) is 9.15 Å². The van der Waals surface area contributed by atoms with Gasteiger partial charge >= 0.3 is 5.97 Å². The van der Waals surface area contributed by atoms with Crippen LogP contribution in [0.1, 0.15) is 47.1 Å². The second kappa shape index (κ2) is 6.81. The van der Waals surface area contributed by atoms with Gasteiger partial charge in [0.25, 0.3) is 5.91 Å². The maximum Gasteiger partial charge on any atom is 0.311 e. The van der Waals surface area contributed by atoms with Gasteiger partial charge in [-0.3, -0.25) is 14.5 Å². The summed E-state index contributed by atoms with van der Waals surface area (Å²) >= 11 is 3.52. The van der Waals surface area contributed by atoms with Crippen molar-refractivity contribution in [2.24, 2.45) is 5.92 Å². The number of esters is 1. The molecule has 0 saturated heterocycles. The van der Waals surface area contributed by atoms with Crippen LogP contribution in [0.15, 0.2) is 45.7 Å². The average molecular weight is 443 g/mol. The van der Waals surface area contributed by atoms with Crippen LogP contribution in [-0.2, 0) is 16.0 Å². The minimum absolute atomic E-state index is 0.0604. The molecule has 3 heterocycles. The second-order valence-corrected chi connectivity index (χ2v) is 8.30. The van der Waals surface area contributed by atoms with Crippen LogP contribution >= 0.6 is 15.9 Å². The standard InChI is InChI=1S/C21H19BrN2O4/c22-14-4-5-17-16(10-14)15-6-8-24(19(25)13-7-9-27-11-13)20(18(15)23-17)28-21(26)12-2-1-3-12/h4-5,7,9-12,20,23H,1-3,6,8H2. The van der Waals surface area contributed by atoms with Gasteiger partial charge in [0.05, 0.1) is 23.4 Å². The fourth-order valence-electron chi connectivity index (χ4n) is 3.96. The molecule has 144 valence electrons. The van der Waals surface area contributed by atoms with Crippen LogP contribution in [0.4, 0.5) is 0 Å². The molecule has 5 rings (SSSR count). The van der Waals surface area contributed by atoms with E-state index in [2.05, 4.69) is 27.0 Å². The predicted molar refractivity (Wildman–Crippen MR) is 106 cm³/mol. The van der Waals surface area contributed by atoms with Gasteiger partial charge in [-0.25, -0.2) is 0 Å². The first-order valence-electron chi connectivity index (χ1n) is 9.45. The quantitative estimate of drug-likeness (QED) is 0.602.